The number of rotatable bonds is 0. The van der Waals surface area contributed by atoms with E-state index in [2.05, 4.69) is 113 Å². The summed E-state index contributed by atoms with van der Waals surface area (Å²) in [5.41, 5.74) is 0. The molecule has 0 aliphatic rings. The molecule has 45 heavy (non-hydrogen) atoms. The predicted octanol–water partition coefficient (Wildman–Crippen LogP) is 15.0. The molecule has 0 saturated heterocycles. The van der Waals surface area contributed by atoms with Crippen molar-refractivity contribution >= 4 is 176 Å². The average molecular weight is 1280 g/mol. The maximum atomic E-state index is 4.87. The number of hydrogen-bond acceptors (Lipinski definition) is 0. The standard InChI is InChI=1S/5C6H4IS.5FH/c5*7-5-1-3-6(8)4-2-5;;;;;/h5*1-4H;5*1H. The van der Waals surface area contributed by atoms with E-state index in [1.807, 2.05) is 121 Å². The SMILES string of the molecule is F.F.F.F.F.[S]c1ccc(I)cc1.[S]c1ccc(I)cc1.[S]c1ccc(I)cc1.[S]c1ccc(I)cc1.[S]c1ccc(I)cc1. The van der Waals surface area contributed by atoms with Crippen LogP contribution in [0, 0.1) is 17.9 Å². The first-order chi connectivity index (χ1) is 18.9. The summed E-state index contributed by atoms with van der Waals surface area (Å²) in [6.45, 7) is 0. The highest BCUT2D eigenvalue weighted by Crippen LogP contribution is 2.11. The van der Waals surface area contributed by atoms with Crippen LogP contribution in [0.15, 0.2) is 146 Å². The minimum atomic E-state index is 0. The lowest BCUT2D eigenvalue weighted by Crippen LogP contribution is -1.66. The zero-order valence-electron chi connectivity index (χ0n) is 22.5. The molecule has 245 valence electrons. The molecule has 0 aliphatic heterocycles. The average Bonchev–Trinajstić information content (AvgIpc) is 2.94. The summed E-state index contributed by atoms with van der Waals surface area (Å²) in [5.74, 6) is 0. The molecular weight excluding hydrogens is 1250 g/mol. The summed E-state index contributed by atoms with van der Waals surface area (Å²) < 4.78 is 6.16. The third-order valence-corrected chi connectivity index (χ3v) is 9.02. The van der Waals surface area contributed by atoms with Crippen LogP contribution in [0.3, 0.4) is 0 Å². The highest BCUT2D eigenvalue weighted by Gasteiger charge is 1.86. The van der Waals surface area contributed by atoms with E-state index in [1.54, 1.807) is 0 Å². The summed E-state index contributed by atoms with van der Waals surface area (Å²) in [5, 5.41) is 0. The lowest BCUT2D eigenvalue weighted by atomic mass is 10.4. The van der Waals surface area contributed by atoms with E-state index in [9.17, 15) is 0 Å². The Morgan fingerprint density at radius 2 is 0.311 bits per heavy atom. The first-order valence-corrected chi connectivity index (χ1v) is 18.5. The van der Waals surface area contributed by atoms with Crippen LogP contribution >= 0.6 is 176 Å². The molecule has 0 aromatic heterocycles. The van der Waals surface area contributed by atoms with Crippen molar-refractivity contribution in [2.45, 2.75) is 24.5 Å². The number of hydrogen-bond donors (Lipinski definition) is 0. The van der Waals surface area contributed by atoms with Gasteiger partial charge < -0.3 is 0 Å². The molecule has 0 aliphatic carbocycles. The monoisotopic (exact) mass is 1270 g/mol. The van der Waals surface area contributed by atoms with Crippen molar-refractivity contribution in [2.24, 2.45) is 0 Å². The molecule has 0 spiro atoms. The van der Waals surface area contributed by atoms with Crippen molar-refractivity contribution in [2.75, 3.05) is 0 Å². The Morgan fingerprint density at radius 3 is 0.378 bits per heavy atom. The topological polar surface area (TPSA) is 0 Å². The fraction of sp³-hybridized carbons (Fsp3) is 0. The number of benzene rings is 5. The van der Waals surface area contributed by atoms with Crippen LogP contribution < -0.4 is 0 Å². The van der Waals surface area contributed by atoms with E-state index < -0.39 is 0 Å². The van der Waals surface area contributed by atoms with Crippen LogP contribution in [-0.4, -0.2) is 0 Å². The maximum absolute atomic E-state index is 4.87. The quantitative estimate of drug-likeness (QED) is 0.107. The Bertz CT molecular complexity index is 1010. The molecule has 0 saturated carbocycles. The molecule has 0 amide bonds. The highest BCUT2D eigenvalue weighted by atomic mass is 127. The van der Waals surface area contributed by atoms with Crippen LogP contribution in [-0.2, 0) is 0 Å². The third kappa shape index (κ3) is 31.5. The minimum Gasteiger partial charge on any atom is -0.269 e. The highest BCUT2D eigenvalue weighted by molar-refractivity contribution is 14.1. The first kappa shape index (κ1) is 54.9. The smallest absolute Gasteiger partial charge is 0.0377 e. The predicted molar refractivity (Wildman–Crippen MR) is 238 cm³/mol. The fourth-order valence-electron chi connectivity index (χ4n) is 2.17. The van der Waals surface area contributed by atoms with Crippen LogP contribution in [0.1, 0.15) is 0 Å². The second kappa shape index (κ2) is 33.0. The first-order valence-electron chi connectivity index (χ1n) is 11.1. The van der Waals surface area contributed by atoms with Crippen LogP contribution in [0.4, 0.5) is 23.5 Å². The van der Waals surface area contributed by atoms with Gasteiger partial charge in [-0.05, 0) is 234 Å². The van der Waals surface area contributed by atoms with Crippen LogP contribution in [0.2, 0.25) is 0 Å². The van der Waals surface area contributed by atoms with Gasteiger partial charge in [-0.3, -0.25) is 23.5 Å². The van der Waals surface area contributed by atoms with Gasteiger partial charge in [0, 0.05) is 42.3 Å². The van der Waals surface area contributed by atoms with Gasteiger partial charge in [0.05, 0.1) is 0 Å². The van der Waals surface area contributed by atoms with Crippen molar-refractivity contribution < 1.29 is 23.5 Å². The fourth-order valence-corrected chi connectivity index (χ4v) is 4.65. The van der Waals surface area contributed by atoms with Gasteiger partial charge >= 0.3 is 0 Å². The van der Waals surface area contributed by atoms with Gasteiger partial charge in [0.1, 0.15) is 0 Å². The Hall–Kier alpha value is 0.500. The van der Waals surface area contributed by atoms with Gasteiger partial charge in [0.2, 0.25) is 0 Å². The third-order valence-electron chi connectivity index (χ3n) is 4.07. The lowest BCUT2D eigenvalue weighted by Gasteiger charge is -1.86. The molecule has 5 aromatic carbocycles. The maximum Gasteiger partial charge on any atom is 0.0377 e. The summed E-state index contributed by atoms with van der Waals surface area (Å²) in [7, 11) is 0. The van der Waals surface area contributed by atoms with Crippen molar-refractivity contribution in [3.63, 3.8) is 0 Å². The van der Waals surface area contributed by atoms with E-state index in [1.165, 1.54) is 17.9 Å². The van der Waals surface area contributed by atoms with Crippen molar-refractivity contribution in [3.8, 4) is 0 Å². The van der Waals surface area contributed by atoms with Gasteiger partial charge in [-0.15, -0.1) is 0 Å². The van der Waals surface area contributed by atoms with Gasteiger partial charge in [-0.25, -0.2) is 0 Å². The van der Waals surface area contributed by atoms with Gasteiger partial charge in [-0.2, -0.15) is 0 Å². The molecule has 0 heterocycles. The molecule has 0 N–H and O–H groups in total. The van der Waals surface area contributed by atoms with Crippen molar-refractivity contribution in [1.29, 1.82) is 0 Å². The van der Waals surface area contributed by atoms with E-state index in [0.717, 1.165) is 24.5 Å². The molecule has 5 rings (SSSR count). The Labute approximate surface area is 357 Å². The molecule has 5 aromatic rings. The normalized spacial score (nSPS) is 8.11. The molecule has 5 radical (unpaired) electrons. The summed E-state index contributed by atoms with van der Waals surface area (Å²) in [4.78, 5) is 4.54. The minimum absolute atomic E-state index is 0. The van der Waals surface area contributed by atoms with Gasteiger partial charge in [0.15, 0.2) is 0 Å². The molecule has 0 bridgehead atoms. The molecule has 0 atom stereocenters. The zero-order valence-corrected chi connectivity index (χ0v) is 37.4. The summed E-state index contributed by atoms with van der Waals surface area (Å²) in [6.07, 6.45) is 0. The Kier molecular flexibility index (Phi) is 40.3. The molecular formula is C30H25F5I5S5. The molecule has 0 fully saturated rings. The van der Waals surface area contributed by atoms with Gasteiger partial charge in [0.25, 0.3) is 0 Å². The summed E-state index contributed by atoms with van der Waals surface area (Å²) >= 11 is 35.6. The Morgan fingerprint density at radius 1 is 0.222 bits per heavy atom. The second-order valence-electron chi connectivity index (χ2n) is 7.27. The molecule has 15 heteroatoms. The van der Waals surface area contributed by atoms with E-state index >= 15 is 0 Å². The lowest BCUT2D eigenvalue weighted by molar-refractivity contribution is 1.11. The van der Waals surface area contributed by atoms with E-state index in [0.29, 0.717) is 0 Å². The van der Waals surface area contributed by atoms with Gasteiger partial charge in [-0.1, -0.05) is 63.1 Å². The summed E-state index contributed by atoms with van der Waals surface area (Å²) in [6, 6.07) is 39.3. The van der Waals surface area contributed by atoms with Crippen LogP contribution in [0.5, 0.6) is 0 Å². The van der Waals surface area contributed by atoms with Crippen molar-refractivity contribution in [3.05, 3.63) is 139 Å². The second-order valence-corrected chi connectivity index (χ2v) is 15.9. The zero-order chi connectivity index (χ0) is 29.9. The largest absolute Gasteiger partial charge is 0.269 e. The van der Waals surface area contributed by atoms with Crippen molar-refractivity contribution in [1.82, 2.24) is 0 Å². The Balaban J connectivity index is -0.000000144. The van der Waals surface area contributed by atoms with E-state index in [-0.39, 0.29) is 23.5 Å². The molecule has 0 nitrogen and oxygen atoms in total. The van der Waals surface area contributed by atoms with E-state index in [4.69, 9.17) is 63.1 Å². The molecule has 0 unspecified atom stereocenters. The van der Waals surface area contributed by atoms with Crippen LogP contribution in [0.25, 0.3) is 0 Å². The number of halogens is 10.